The lowest BCUT2D eigenvalue weighted by Crippen LogP contribution is -2.12. The lowest BCUT2D eigenvalue weighted by molar-refractivity contribution is 0.415. The fraction of sp³-hybridized carbons (Fsp3) is 0.105. The van der Waals surface area contributed by atoms with Gasteiger partial charge >= 0.3 is 0 Å². The molecule has 2 aromatic rings. The summed E-state index contributed by atoms with van der Waals surface area (Å²) in [5.41, 5.74) is 4.14. The first-order valence-corrected chi connectivity index (χ1v) is 7.41. The first-order chi connectivity index (χ1) is 11.3. The Labute approximate surface area is 158 Å². The normalized spacial score (nSPS) is 17.5. The molecule has 0 aliphatic carbocycles. The highest BCUT2D eigenvalue weighted by Gasteiger charge is 2.21. The Balaban J connectivity index is 0.00000169. The molecule has 0 bridgehead atoms. The molecule has 122 valence electrons. The van der Waals surface area contributed by atoms with Crippen LogP contribution in [0.1, 0.15) is 5.56 Å². The minimum absolute atomic E-state index is 0. The van der Waals surface area contributed by atoms with E-state index in [1.54, 1.807) is 7.11 Å². The number of anilines is 1. The third-order valence-corrected chi connectivity index (χ3v) is 4.03. The highest BCUT2D eigenvalue weighted by Crippen LogP contribution is 2.38. The van der Waals surface area contributed by atoms with Gasteiger partial charge < -0.3 is 14.4 Å². The van der Waals surface area contributed by atoms with Crippen LogP contribution in [0.15, 0.2) is 65.5 Å². The van der Waals surface area contributed by atoms with Gasteiger partial charge in [-0.05, 0) is 42.5 Å². The van der Waals surface area contributed by atoms with Crippen molar-refractivity contribution in [2.24, 2.45) is 4.99 Å². The molecule has 0 N–H and O–H groups in total. The van der Waals surface area contributed by atoms with Gasteiger partial charge in [0.2, 0.25) is 0 Å². The van der Waals surface area contributed by atoms with E-state index in [2.05, 4.69) is 4.99 Å². The zero-order chi connectivity index (χ0) is 15.8. The van der Waals surface area contributed by atoms with Crippen molar-refractivity contribution in [2.75, 3.05) is 19.1 Å². The van der Waals surface area contributed by atoms with Crippen LogP contribution in [0.25, 0.3) is 5.57 Å². The lowest BCUT2D eigenvalue weighted by atomic mass is 10.1. The molecule has 24 heavy (non-hydrogen) atoms. The second-order valence-electron chi connectivity index (χ2n) is 5.40. The topological polar surface area (TPSA) is 34.1 Å². The summed E-state index contributed by atoms with van der Waals surface area (Å²) >= 11 is 0. The summed E-state index contributed by atoms with van der Waals surface area (Å²) in [6.07, 6.45) is 5.85. The third-order valence-electron chi connectivity index (χ3n) is 4.03. The Morgan fingerprint density at radius 1 is 1.12 bits per heavy atom. The monoisotopic (exact) mass is 432 g/mol. The van der Waals surface area contributed by atoms with Crippen molar-refractivity contribution < 1.29 is 9.47 Å². The second kappa shape index (κ2) is 6.68. The molecule has 0 unspecified atom stereocenters. The summed E-state index contributed by atoms with van der Waals surface area (Å²) in [5.74, 6) is 2.50. The van der Waals surface area contributed by atoms with Crippen molar-refractivity contribution in [3.63, 3.8) is 0 Å². The van der Waals surface area contributed by atoms with Crippen molar-refractivity contribution in [3.05, 3.63) is 66.1 Å². The average Bonchev–Trinajstić information content (AvgIpc) is 3.14. The third kappa shape index (κ3) is 2.80. The number of benzene rings is 2. The van der Waals surface area contributed by atoms with Crippen molar-refractivity contribution in [1.82, 2.24) is 0 Å². The van der Waals surface area contributed by atoms with Gasteiger partial charge in [0.1, 0.15) is 5.75 Å². The molecule has 0 radical (unpaired) electrons. The zero-order valence-electron chi connectivity index (χ0n) is 13.4. The van der Waals surface area contributed by atoms with E-state index < -0.39 is 0 Å². The van der Waals surface area contributed by atoms with Crippen LogP contribution < -0.4 is 14.4 Å². The number of para-hydroxylation sites is 2. The zero-order valence-corrected chi connectivity index (χ0v) is 15.7. The second-order valence-corrected chi connectivity index (χ2v) is 5.40. The molecular formula is C19H17IN2O2. The SMILES string of the molecule is COc1ccc2c(c1)C(=CC=C1Oc3ccccc3N1C)C=N2.I. The van der Waals surface area contributed by atoms with Crippen LogP contribution in [0.3, 0.4) is 0 Å². The van der Waals surface area contributed by atoms with Crippen LogP contribution in [-0.4, -0.2) is 20.4 Å². The minimum atomic E-state index is 0. The molecule has 4 nitrogen and oxygen atoms in total. The first kappa shape index (κ1) is 16.6. The molecule has 0 saturated carbocycles. The van der Waals surface area contributed by atoms with Crippen LogP contribution >= 0.6 is 24.0 Å². The molecule has 2 aromatic carbocycles. The van der Waals surface area contributed by atoms with Crippen LogP contribution in [-0.2, 0) is 0 Å². The van der Waals surface area contributed by atoms with E-state index >= 15 is 0 Å². The number of methoxy groups -OCH3 is 1. The number of rotatable bonds is 2. The van der Waals surface area contributed by atoms with Crippen molar-refractivity contribution >= 4 is 47.1 Å². The van der Waals surface area contributed by atoms with Gasteiger partial charge in [0.05, 0.1) is 18.5 Å². The molecule has 2 aliphatic heterocycles. The van der Waals surface area contributed by atoms with Crippen molar-refractivity contribution in [3.8, 4) is 11.5 Å². The summed E-state index contributed by atoms with van der Waals surface area (Å²) < 4.78 is 11.2. The maximum Gasteiger partial charge on any atom is 0.200 e. The number of allylic oxidation sites excluding steroid dienone is 3. The fourth-order valence-electron chi connectivity index (χ4n) is 2.75. The fourth-order valence-corrected chi connectivity index (χ4v) is 2.75. The van der Waals surface area contributed by atoms with E-state index in [-0.39, 0.29) is 24.0 Å². The Kier molecular flexibility index (Phi) is 4.62. The van der Waals surface area contributed by atoms with Gasteiger partial charge in [0.15, 0.2) is 11.6 Å². The summed E-state index contributed by atoms with van der Waals surface area (Å²) in [6, 6.07) is 13.9. The van der Waals surface area contributed by atoms with Gasteiger partial charge in [-0.2, -0.15) is 0 Å². The molecule has 0 saturated heterocycles. The molecule has 5 heteroatoms. The van der Waals surface area contributed by atoms with Crippen molar-refractivity contribution in [1.29, 1.82) is 0 Å². The maximum atomic E-state index is 5.89. The van der Waals surface area contributed by atoms with E-state index in [1.807, 2.05) is 72.8 Å². The number of ether oxygens (including phenoxy) is 2. The van der Waals surface area contributed by atoms with Gasteiger partial charge in [-0.3, -0.25) is 4.99 Å². The highest BCUT2D eigenvalue weighted by molar-refractivity contribution is 14.0. The van der Waals surface area contributed by atoms with E-state index in [4.69, 9.17) is 9.47 Å². The summed E-state index contributed by atoms with van der Waals surface area (Å²) in [6.45, 7) is 0. The molecule has 0 atom stereocenters. The van der Waals surface area contributed by atoms with Gasteiger partial charge in [-0.25, -0.2) is 0 Å². The number of nitrogens with zero attached hydrogens (tertiary/aromatic N) is 2. The predicted octanol–water partition coefficient (Wildman–Crippen LogP) is 4.78. The maximum absolute atomic E-state index is 5.89. The minimum Gasteiger partial charge on any atom is -0.497 e. The predicted molar refractivity (Wildman–Crippen MR) is 108 cm³/mol. The molecular weight excluding hydrogens is 415 g/mol. The molecule has 0 fully saturated rings. The van der Waals surface area contributed by atoms with Crippen LogP contribution in [0, 0.1) is 0 Å². The molecule has 2 heterocycles. The summed E-state index contributed by atoms with van der Waals surface area (Å²) in [7, 11) is 3.66. The van der Waals surface area contributed by atoms with E-state index in [1.165, 1.54) is 0 Å². The largest absolute Gasteiger partial charge is 0.497 e. The first-order valence-electron chi connectivity index (χ1n) is 7.41. The van der Waals surface area contributed by atoms with E-state index in [9.17, 15) is 0 Å². The Hall–Kier alpha value is -2.28. The number of hydrogen-bond acceptors (Lipinski definition) is 4. The van der Waals surface area contributed by atoms with Crippen LogP contribution in [0.4, 0.5) is 11.4 Å². The highest BCUT2D eigenvalue weighted by atomic mass is 127. The quantitative estimate of drug-likeness (QED) is 0.641. The Morgan fingerprint density at radius 3 is 2.75 bits per heavy atom. The summed E-state index contributed by atoms with van der Waals surface area (Å²) in [5, 5.41) is 0. The van der Waals surface area contributed by atoms with Gasteiger partial charge in [0, 0.05) is 24.4 Å². The summed E-state index contributed by atoms with van der Waals surface area (Å²) in [4.78, 5) is 6.46. The van der Waals surface area contributed by atoms with Gasteiger partial charge in [0.25, 0.3) is 0 Å². The Morgan fingerprint density at radius 2 is 1.96 bits per heavy atom. The molecule has 4 rings (SSSR count). The molecule has 0 spiro atoms. The van der Waals surface area contributed by atoms with E-state index in [0.717, 1.165) is 39.9 Å². The average molecular weight is 432 g/mol. The van der Waals surface area contributed by atoms with Crippen LogP contribution in [0.5, 0.6) is 11.5 Å². The molecule has 0 amide bonds. The number of aliphatic imine (C=N–C) groups is 1. The number of hydrogen-bond donors (Lipinski definition) is 0. The number of fused-ring (bicyclic) bond motifs is 2. The Bertz CT molecular complexity index is 871. The van der Waals surface area contributed by atoms with Crippen LogP contribution in [0.2, 0.25) is 0 Å². The molecule has 0 aromatic heterocycles. The van der Waals surface area contributed by atoms with E-state index in [0.29, 0.717) is 0 Å². The standard InChI is InChI=1S/C19H16N2O2.HI/c1-21-17-5-3-4-6-18(17)23-19(21)10-7-13-12-20-16-9-8-14(22-2)11-15(13)16;/h3-12H,1-2H3;1H. The van der Waals surface area contributed by atoms with Gasteiger partial charge in [-0.15, -0.1) is 24.0 Å². The number of halogens is 1. The lowest BCUT2D eigenvalue weighted by Gasteiger charge is -2.10. The van der Waals surface area contributed by atoms with Crippen molar-refractivity contribution in [2.45, 2.75) is 0 Å². The van der Waals surface area contributed by atoms with Gasteiger partial charge in [-0.1, -0.05) is 12.1 Å². The smallest absolute Gasteiger partial charge is 0.200 e. The molecule has 2 aliphatic rings.